The van der Waals surface area contributed by atoms with E-state index < -0.39 is 0 Å². The summed E-state index contributed by atoms with van der Waals surface area (Å²) in [6.45, 7) is 5.18. The van der Waals surface area contributed by atoms with Gasteiger partial charge in [0.1, 0.15) is 13.2 Å². The number of rotatable bonds is 5. The maximum atomic E-state index is 12.7. The first-order valence-corrected chi connectivity index (χ1v) is 11.9. The van der Waals surface area contributed by atoms with Crippen LogP contribution in [-0.2, 0) is 16.1 Å². The van der Waals surface area contributed by atoms with E-state index in [1.165, 1.54) is 16.2 Å². The molecule has 2 fully saturated rings. The summed E-state index contributed by atoms with van der Waals surface area (Å²) in [5, 5.41) is 0. The zero-order chi connectivity index (χ0) is 20.5. The second-order valence-electron chi connectivity index (χ2n) is 8.56. The summed E-state index contributed by atoms with van der Waals surface area (Å²) in [6, 6.07) is 8.55. The number of carbonyl (C=O) groups is 1. The number of thiophene rings is 1. The Morgan fingerprint density at radius 1 is 1.20 bits per heavy atom. The molecule has 1 aromatic carbocycles. The summed E-state index contributed by atoms with van der Waals surface area (Å²) in [5.41, 5.74) is 2.15. The average molecular weight is 428 g/mol. The van der Waals surface area contributed by atoms with E-state index in [0.29, 0.717) is 26.3 Å². The molecule has 5 nitrogen and oxygen atoms in total. The van der Waals surface area contributed by atoms with Gasteiger partial charge >= 0.3 is 0 Å². The van der Waals surface area contributed by atoms with Gasteiger partial charge in [-0.1, -0.05) is 0 Å². The first-order valence-electron chi connectivity index (χ1n) is 11.1. The molecule has 1 aromatic heterocycles. The van der Waals surface area contributed by atoms with E-state index in [-0.39, 0.29) is 17.9 Å². The van der Waals surface area contributed by atoms with Crippen LogP contribution in [-0.4, -0.2) is 43.3 Å². The Morgan fingerprint density at radius 2 is 2.10 bits per heavy atom. The van der Waals surface area contributed by atoms with E-state index in [4.69, 9.17) is 14.2 Å². The standard InChI is InChI=1S/C24H29NO4S/c1-16-5-8-22(30-16)18-12-19-14-25(24(26)17-6-7-17)9-11-28-23(19)21(13-18)29-15-20-4-2-3-10-27-20/h5,8,12-13,17,20H,2-4,6-7,9-11,14-15H2,1H3/t20-/m0/s1. The molecule has 0 spiro atoms. The molecule has 0 radical (unpaired) electrons. The molecule has 30 heavy (non-hydrogen) atoms. The van der Waals surface area contributed by atoms with E-state index >= 15 is 0 Å². The fourth-order valence-corrected chi connectivity index (χ4v) is 5.08. The van der Waals surface area contributed by atoms with E-state index in [0.717, 1.165) is 54.9 Å². The predicted octanol–water partition coefficient (Wildman–Crippen LogP) is 4.80. The summed E-state index contributed by atoms with van der Waals surface area (Å²) in [7, 11) is 0. The summed E-state index contributed by atoms with van der Waals surface area (Å²) >= 11 is 1.77. The molecular weight excluding hydrogens is 398 g/mol. The molecule has 1 saturated heterocycles. The third-order valence-corrected chi connectivity index (χ3v) is 7.11. The number of hydrogen-bond acceptors (Lipinski definition) is 5. The second kappa shape index (κ2) is 8.60. The van der Waals surface area contributed by atoms with Crippen molar-refractivity contribution in [2.24, 2.45) is 5.92 Å². The highest BCUT2D eigenvalue weighted by molar-refractivity contribution is 7.15. The van der Waals surface area contributed by atoms with E-state index in [1.54, 1.807) is 11.3 Å². The van der Waals surface area contributed by atoms with Crippen molar-refractivity contribution in [2.75, 3.05) is 26.4 Å². The number of hydrogen-bond donors (Lipinski definition) is 0. The molecule has 1 aliphatic carbocycles. The molecule has 2 aromatic rings. The molecule has 0 N–H and O–H groups in total. The first kappa shape index (κ1) is 19.9. The normalized spacial score (nSPS) is 21.5. The van der Waals surface area contributed by atoms with Crippen molar-refractivity contribution < 1.29 is 19.0 Å². The van der Waals surface area contributed by atoms with Crippen LogP contribution in [0.1, 0.15) is 42.5 Å². The minimum Gasteiger partial charge on any atom is -0.487 e. The topological polar surface area (TPSA) is 48.0 Å². The van der Waals surface area contributed by atoms with E-state index in [9.17, 15) is 4.79 Å². The minimum atomic E-state index is 0.140. The Bertz CT molecular complexity index is 914. The lowest BCUT2D eigenvalue weighted by Crippen LogP contribution is -2.33. The maximum Gasteiger partial charge on any atom is 0.226 e. The van der Waals surface area contributed by atoms with Crippen LogP contribution in [0.3, 0.4) is 0 Å². The van der Waals surface area contributed by atoms with Crippen LogP contribution in [0.2, 0.25) is 0 Å². The smallest absolute Gasteiger partial charge is 0.226 e. The largest absolute Gasteiger partial charge is 0.487 e. The first-order chi connectivity index (χ1) is 14.7. The van der Waals surface area contributed by atoms with Crippen molar-refractivity contribution in [3.05, 3.63) is 34.7 Å². The van der Waals surface area contributed by atoms with Crippen molar-refractivity contribution in [1.82, 2.24) is 4.90 Å². The van der Waals surface area contributed by atoms with Gasteiger partial charge in [-0.15, -0.1) is 11.3 Å². The van der Waals surface area contributed by atoms with Crippen LogP contribution in [0.5, 0.6) is 11.5 Å². The number of benzene rings is 1. The zero-order valence-electron chi connectivity index (χ0n) is 17.5. The van der Waals surface area contributed by atoms with Crippen LogP contribution in [0.4, 0.5) is 0 Å². The zero-order valence-corrected chi connectivity index (χ0v) is 18.3. The Hall–Kier alpha value is -2.05. The summed E-state index contributed by atoms with van der Waals surface area (Å²) in [4.78, 5) is 17.2. The van der Waals surface area contributed by atoms with Gasteiger partial charge in [-0.05, 0) is 68.9 Å². The van der Waals surface area contributed by atoms with Gasteiger partial charge in [0.25, 0.3) is 0 Å². The number of ether oxygens (including phenoxy) is 3. The van der Waals surface area contributed by atoms with Gasteiger partial charge < -0.3 is 19.1 Å². The lowest BCUT2D eigenvalue weighted by Gasteiger charge is -2.24. The number of amides is 1. The SMILES string of the molecule is Cc1ccc(-c2cc3c(c(OC[C@@H]4CCCCO4)c2)OCCN(C(=O)C2CC2)C3)s1. The number of fused-ring (bicyclic) bond motifs is 1. The van der Waals surface area contributed by atoms with Crippen molar-refractivity contribution in [1.29, 1.82) is 0 Å². The maximum absolute atomic E-state index is 12.7. The molecule has 6 heteroatoms. The molecule has 160 valence electrons. The summed E-state index contributed by atoms with van der Waals surface area (Å²) in [5.74, 6) is 2.04. The van der Waals surface area contributed by atoms with Gasteiger partial charge in [0.15, 0.2) is 11.5 Å². The molecule has 1 saturated carbocycles. The van der Waals surface area contributed by atoms with Gasteiger partial charge in [-0.2, -0.15) is 0 Å². The van der Waals surface area contributed by atoms with Crippen LogP contribution in [0.25, 0.3) is 10.4 Å². The highest BCUT2D eigenvalue weighted by Gasteiger charge is 2.35. The molecule has 2 aliphatic heterocycles. The molecule has 3 heterocycles. The monoisotopic (exact) mass is 427 g/mol. The molecule has 3 aliphatic rings. The second-order valence-corrected chi connectivity index (χ2v) is 9.84. The van der Waals surface area contributed by atoms with Crippen molar-refractivity contribution in [2.45, 2.75) is 51.7 Å². The van der Waals surface area contributed by atoms with E-state index in [1.807, 2.05) is 4.90 Å². The highest BCUT2D eigenvalue weighted by atomic mass is 32.1. The third-order valence-electron chi connectivity index (χ3n) is 6.06. The average Bonchev–Trinajstić information content (AvgIpc) is 3.56. The minimum absolute atomic E-state index is 0.140. The summed E-state index contributed by atoms with van der Waals surface area (Å²) < 4.78 is 18.3. The number of carbonyl (C=O) groups excluding carboxylic acids is 1. The Labute approximate surface area is 181 Å². The lowest BCUT2D eigenvalue weighted by atomic mass is 10.1. The van der Waals surface area contributed by atoms with Gasteiger partial charge in [0.05, 0.1) is 12.6 Å². The molecule has 1 atom stereocenters. The van der Waals surface area contributed by atoms with Gasteiger partial charge in [0, 0.05) is 34.4 Å². The van der Waals surface area contributed by atoms with Crippen LogP contribution < -0.4 is 9.47 Å². The molecule has 0 unspecified atom stereocenters. The molecule has 5 rings (SSSR count). The van der Waals surface area contributed by atoms with Crippen LogP contribution in [0.15, 0.2) is 24.3 Å². The molecule has 1 amide bonds. The number of nitrogens with zero attached hydrogens (tertiary/aromatic N) is 1. The van der Waals surface area contributed by atoms with Gasteiger partial charge in [0.2, 0.25) is 5.91 Å². The van der Waals surface area contributed by atoms with Crippen LogP contribution in [0, 0.1) is 12.8 Å². The van der Waals surface area contributed by atoms with E-state index in [2.05, 4.69) is 31.2 Å². The van der Waals surface area contributed by atoms with Crippen molar-refractivity contribution in [3.8, 4) is 21.9 Å². The molecular formula is C24H29NO4S. The lowest BCUT2D eigenvalue weighted by molar-refractivity contribution is -0.133. The third kappa shape index (κ3) is 4.35. The molecule has 0 bridgehead atoms. The Balaban J connectivity index is 1.45. The summed E-state index contributed by atoms with van der Waals surface area (Å²) in [6.07, 6.45) is 5.54. The van der Waals surface area contributed by atoms with Crippen LogP contribution >= 0.6 is 11.3 Å². The van der Waals surface area contributed by atoms with Crippen molar-refractivity contribution >= 4 is 17.2 Å². The van der Waals surface area contributed by atoms with Gasteiger partial charge in [-0.3, -0.25) is 4.79 Å². The Morgan fingerprint density at radius 3 is 2.83 bits per heavy atom. The van der Waals surface area contributed by atoms with Gasteiger partial charge in [-0.25, -0.2) is 0 Å². The Kier molecular flexibility index (Phi) is 5.70. The number of aryl methyl sites for hydroxylation is 1. The quantitative estimate of drug-likeness (QED) is 0.688. The predicted molar refractivity (Wildman–Crippen MR) is 117 cm³/mol. The van der Waals surface area contributed by atoms with Crippen molar-refractivity contribution in [3.63, 3.8) is 0 Å². The fourth-order valence-electron chi connectivity index (χ4n) is 4.22. The highest BCUT2D eigenvalue weighted by Crippen LogP contribution is 2.41. The fraction of sp³-hybridized carbons (Fsp3) is 0.542.